The molecule has 0 rings (SSSR count). The summed E-state index contributed by atoms with van der Waals surface area (Å²) < 4.78 is 0. The predicted octanol–water partition coefficient (Wildman–Crippen LogP) is -0.105. The van der Waals surface area contributed by atoms with E-state index in [0.29, 0.717) is 6.42 Å². The van der Waals surface area contributed by atoms with Crippen LogP contribution in [0.25, 0.3) is 0 Å². The van der Waals surface area contributed by atoms with Crippen molar-refractivity contribution in [2.75, 3.05) is 5.75 Å². The smallest absolute Gasteiger partial charge is 0.327 e. The molecular weight excluding hydrogens is 384 g/mol. The molecule has 6 atom stereocenters. The highest BCUT2D eigenvalue weighted by Gasteiger charge is 2.31. The summed E-state index contributed by atoms with van der Waals surface area (Å²) >= 11 is 3.91. The first-order chi connectivity index (χ1) is 13.0. The number of hydrogen-bond acceptors (Lipinski definition) is 6. The summed E-state index contributed by atoms with van der Waals surface area (Å²) in [5.41, 5.74) is 5.87. The highest BCUT2D eigenvalue weighted by molar-refractivity contribution is 7.80. The van der Waals surface area contributed by atoms with Gasteiger partial charge in [-0.2, -0.15) is 12.6 Å². The zero-order valence-electron chi connectivity index (χ0n) is 17.2. The van der Waals surface area contributed by atoms with Crippen LogP contribution >= 0.6 is 12.6 Å². The van der Waals surface area contributed by atoms with Crippen LogP contribution in [0.15, 0.2) is 0 Å². The van der Waals surface area contributed by atoms with Gasteiger partial charge in [-0.05, 0) is 18.8 Å². The third kappa shape index (κ3) is 8.05. The largest absolute Gasteiger partial charge is 0.480 e. The third-order valence-electron chi connectivity index (χ3n) is 4.90. The molecule has 0 aromatic rings. The molecule has 162 valence electrons. The van der Waals surface area contributed by atoms with Crippen LogP contribution in [0.2, 0.25) is 0 Å². The lowest BCUT2D eigenvalue weighted by Gasteiger charge is -2.27. The van der Waals surface area contributed by atoms with E-state index in [4.69, 9.17) is 10.8 Å². The normalized spacial score (nSPS) is 17.4. The van der Waals surface area contributed by atoms with Gasteiger partial charge in [0.25, 0.3) is 0 Å². The Kier molecular flexibility index (Phi) is 11.8. The van der Waals surface area contributed by atoms with E-state index in [2.05, 4.69) is 28.6 Å². The fourth-order valence-corrected chi connectivity index (χ4v) is 2.56. The average molecular weight is 419 g/mol. The molecular formula is C18H34N4O5S. The number of hydrogen-bond donors (Lipinski definition) is 6. The van der Waals surface area contributed by atoms with Gasteiger partial charge in [0.2, 0.25) is 17.7 Å². The number of amides is 3. The maximum atomic E-state index is 12.5. The second kappa shape index (κ2) is 12.6. The van der Waals surface area contributed by atoms with Crippen molar-refractivity contribution in [3.8, 4) is 0 Å². The van der Waals surface area contributed by atoms with Gasteiger partial charge >= 0.3 is 5.97 Å². The molecule has 0 saturated carbocycles. The number of rotatable bonds is 12. The molecule has 3 amide bonds. The molecule has 0 aromatic heterocycles. The summed E-state index contributed by atoms with van der Waals surface area (Å²) in [5.74, 6) is -3.18. The zero-order chi connectivity index (χ0) is 22.0. The fraction of sp³-hybridized carbons (Fsp3) is 0.778. The Bertz CT molecular complexity index is 560. The van der Waals surface area contributed by atoms with Gasteiger partial charge in [-0.15, -0.1) is 0 Å². The number of aliphatic carboxylic acids is 1. The van der Waals surface area contributed by atoms with Crippen LogP contribution in [0.1, 0.15) is 47.5 Å². The minimum absolute atomic E-state index is 0.0388. The van der Waals surface area contributed by atoms with Gasteiger partial charge in [0.15, 0.2) is 0 Å². The average Bonchev–Trinajstić information content (AvgIpc) is 2.67. The van der Waals surface area contributed by atoms with E-state index in [9.17, 15) is 19.2 Å². The molecule has 0 aromatic carbocycles. The summed E-state index contributed by atoms with van der Waals surface area (Å²) in [6.07, 6.45) is 1.30. The number of carboxylic acid groups (broad SMARTS) is 1. The summed E-state index contributed by atoms with van der Waals surface area (Å²) in [6.45, 7) is 8.87. The molecule has 0 saturated heterocycles. The van der Waals surface area contributed by atoms with Gasteiger partial charge in [0, 0.05) is 5.75 Å². The van der Waals surface area contributed by atoms with Gasteiger partial charge < -0.3 is 26.8 Å². The molecule has 0 radical (unpaired) electrons. The number of carboxylic acids is 1. The van der Waals surface area contributed by atoms with Crippen molar-refractivity contribution in [1.29, 1.82) is 0 Å². The highest BCUT2D eigenvalue weighted by atomic mass is 32.1. The van der Waals surface area contributed by atoms with Gasteiger partial charge in [0.05, 0.1) is 6.04 Å². The van der Waals surface area contributed by atoms with E-state index in [1.807, 2.05) is 20.8 Å². The highest BCUT2D eigenvalue weighted by Crippen LogP contribution is 2.10. The molecule has 10 heteroatoms. The van der Waals surface area contributed by atoms with E-state index < -0.39 is 47.9 Å². The Morgan fingerprint density at radius 1 is 0.893 bits per heavy atom. The first-order valence-corrected chi connectivity index (χ1v) is 10.1. The van der Waals surface area contributed by atoms with Crippen LogP contribution in [0.4, 0.5) is 0 Å². The third-order valence-corrected chi connectivity index (χ3v) is 5.27. The van der Waals surface area contributed by atoms with Crippen LogP contribution in [0, 0.1) is 11.8 Å². The van der Waals surface area contributed by atoms with Crippen molar-refractivity contribution in [1.82, 2.24) is 16.0 Å². The summed E-state index contributed by atoms with van der Waals surface area (Å²) in [6, 6.07) is -3.74. The lowest BCUT2D eigenvalue weighted by atomic mass is 9.97. The van der Waals surface area contributed by atoms with Crippen molar-refractivity contribution in [2.24, 2.45) is 17.6 Å². The van der Waals surface area contributed by atoms with Gasteiger partial charge in [-0.3, -0.25) is 14.4 Å². The molecule has 28 heavy (non-hydrogen) atoms. The molecule has 9 nitrogen and oxygen atoms in total. The summed E-state index contributed by atoms with van der Waals surface area (Å²) in [4.78, 5) is 48.3. The first kappa shape index (κ1) is 26.2. The Labute approximate surface area is 172 Å². The quantitative estimate of drug-likeness (QED) is 0.244. The van der Waals surface area contributed by atoms with Gasteiger partial charge in [-0.1, -0.05) is 40.5 Å². The minimum atomic E-state index is -1.21. The molecule has 0 aliphatic heterocycles. The van der Waals surface area contributed by atoms with Crippen LogP contribution in [0.5, 0.6) is 0 Å². The Hall–Kier alpha value is -1.81. The number of thiol groups is 1. The summed E-state index contributed by atoms with van der Waals surface area (Å²) in [5, 5.41) is 16.6. The molecule has 0 bridgehead atoms. The molecule has 0 fully saturated rings. The van der Waals surface area contributed by atoms with E-state index in [1.54, 1.807) is 6.92 Å². The second-order valence-corrected chi connectivity index (χ2v) is 7.46. The number of nitrogens with two attached hydrogens (primary N) is 1. The van der Waals surface area contributed by atoms with Gasteiger partial charge in [-0.25, -0.2) is 4.79 Å². The van der Waals surface area contributed by atoms with Crippen molar-refractivity contribution in [2.45, 2.75) is 71.6 Å². The standard InChI is InChI=1S/C18H34N4O5S/c1-6-9(3)13(19)16(24)20-11(5)15(23)22-14(10(4)7-2)17(25)21-12(8-28)18(26)27/h9-14,28H,6-8,19H2,1-5H3,(H,20,24)(H,21,25)(H,22,23)(H,26,27). The van der Waals surface area contributed by atoms with Gasteiger partial charge in [0.1, 0.15) is 18.1 Å². The summed E-state index contributed by atoms with van der Waals surface area (Å²) in [7, 11) is 0. The number of carbonyl (C=O) groups is 4. The molecule has 6 unspecified atom stereocenters. The van der Waals surface area contributed by atoms with Crippen LogP contribution < -0.4 is 21.7 Å². The fourth-order valence-electron chi connectivity index (χ4n) is 2.31. The Balaban J connectivity index is 5.08. The topological polar surface area (TPSA) is 151 Å². The van der Waals surface area contributed by atoms with Crippen molar-refractivity contribution in [3.05, 3.63) is 0 Å². The molecule has 0 spiro atoms. The van der Waals surface area contributed by atoms with Crippen LogP contribution in [0.3, 0.4) is 0 Å². The maximum absolute atomic E-state index is 12.5. The lowest BCUT2D eigenvalue weighted by molar-refractivity contribution is -0.142. The number of carbonyl (C=O) groups excluding carboxylic acids is 3. The minimum Gasteiger partial charge on any atom is -0.480 e. The van der Waals surface area contributed by atoms with Crippen molar-refractivity contribution < 1.29 is 24.3 Å². The molecule has 0 aliphatic rings. The van der Waals surface area contributed by atoms with Crippen LogP contribution in [-0.4, -0.2) is 58.7 Å². The maximum Gasteiger partial charge on any atom is 0.327 e. The number of nitrogens with one attached hydrogen (secondary N) is 3. The van der Waals surface area contributed by atoms with E-state index >= 15 is 0 Å². The SMILES string of the molecule is CCC(C)C(N)C(=O)NC(C)C(=O)NC(C(=O)NC(CS)C(=O)O)C(C)CC. The van der Waals surface area contributed by atoms with Crippen LogP contribution in [-0.2, 0) is 19.2 Å². The first-order valence-electron chi connectivity index (χ1n) is 9.50. The molecule has 0 heterocycles. The van der Waals surface area contributed by atoms with Crippen molar-refractivity contribution >= 4 is 36.3 Å². The molecule has 0 aliphatic carbocycles. The molecule has 6 N–H and O–H groups in total. The predicted molar refractivity (Wildman–Crippen MR) is 110 cm³/mol. The monoisotopic (exact) mass is 418 g/mol. The zero-order valence-corrected chi connectivity index (χ0v) is 18.1. The lowest BCUT2D eigenvalue weighted by Crippen LogP contribution is -2.58. The van der Waals surface area contributed by atoms with E-state index in [-0.39, 0.29) is 17.6 Å². The second-order valence-electron chi connectivity index (χ2n) is 7.10. The van der Waals surface area contributed by atoms with Crippen molar-refractivity contribution in [3.63, 3.8) is 0 Å². The Morgan fingerprint density at radius 2 is 1.43 bits per heavy atom. The Morgan fingerprint density at radius 3 is 1.86 bits per heavy atom. The van der Waals surface area contributed by atoms with E-state index in [0.717, 1.165) is 6.42 Å². The van der Waals surface area contributed by atoms with E-state index in [1.165, 1.54) is 6.92 Å².